The molecule has 1 N–H and O–H groups in total. The Hall–Kier alpha value is -0.980. The molecule has 1 fully saturated rings. The quantitative estimate of drug-likeness (QED) is 0.912. The third-order valence-corrected chi connectivity index (χ3v) is 4.34. The molecular formula is C14H24N4OS. The van der Waals surface area contributed by atoms with Gasteiger partial charge in [-0.3, -0.25) is 4.79 Å². The molecule has 112 valence electrons. The molecule has 0 radical (unpaired) electrons. The van der Waals surface area contributed by atoms with Crippen molar-refractivity contribution in [3.8, 4) is 0 Å². The fraction of sp³-hybridized carbons (Fsp3) is 0.714. The number of carbonyl (C=O) groups excluding carboxylic acids is 1. The van der Waals surface area contributed by atoms with Gasteiger partial charge in [-0.15, -0.1) is 11.3 Å². The minimum Gasteiger partial charge on any atom is -0.335 e. The van der Waals surface area contributed by atoms with E-state index in [2.05, 4.69) is 29.0 Å². The van der Waals surface area contributed by atoms with Crippen molar-refractivity contribution < 1.29 is 4.79 Å². The van der Waals surface area contributed by atoms with Crippen LogP contribution in [0.2, 0.25) is 0 Å². The van der Waals surface area contributed by atoms with Gasteiger partial charge >= 0.3 is 0 Å². The highest BCUT2D eigenvalue weighted by molar-refractivity contribution is 7.13. The maximum absolute atomic E-state index is 12.7. The van der Waals surface area contributed by atoms with Gasteiger partial charge in [-0.1, -0.05) is 13.8 Å². The van der Waals surface area contributed by atoms with Crippen molar-refractivity contribution in [2.45, 2.75) is 26.3 Å². The number of piperazine rings is 1. The van der Waals surface area contributed by atoms with Crippen LogP contribution in [-0.2, 0) is 6.54 Å². The Labute approximate surface area is 125 Å². The van der Waals surface area contributed by atoms with E-state index in [4.69, 9.17) is 0 Å². The predicted molar refractivity (Wildman–Crippen MR) is 82.4 cm³/mol. The lowest BCUT2D eigenvalue weighted by molar-refractivity contribution is 0.0739. The average Bonchev–Trinajstić information content (AvgIpc) is 2.82. The molecule has 2 heterocycles. The van der Waals surface area contributed by atoms with Gasteiger partial charge in [0.25, 0.3) is 5.91 Å². The molecule has 1 saturated heterocycles. The highest BCUT2D eigenvalue weighted by Gasteiger charge is 2.25. The van der Waals surface area contributed by atoms with E-state index in [9.17, 15) is 4.79 Å². The fourth-order valence-corrected chi connectivity index (χ4v) is 3.58. The number of aromatic nitrogens is 1. The summed E-state index contributed by atoms with van der Waals surface area (Å²) in [6.45, 7) is 8.33. The van der Waals surface area contributed by atoms with E-state index in [1.165, 1.54) is 0 Å². The first-order valence-corrected chi connectivity index (χ1v) is 7.95. The Kier molecular flexibility index (Phi) is 5.12. The molecule has 0 atom stereocenters. The molecule has 1 aromatic rings. The highest BCUT2D eigenvalue weighted by Crippen LogP contribution is 2.27. The molecule has 1 aliphatic rings. The monoisotopic (exact) mass is 296 g/mol. The molecule has 1 amide bonds. The van der Waals surface area contributed by atoms with Crippen LogP contribution in [0.3, 0.4) is 0 Å². The van der Waals surface area contributed by atoms with E-state index in [1.807, 2.05) is 19.0 Å². The third-order valence-electron chi connectivity index (χ3n) is 3.29. The Morgan fingerprint density at radius 3 is 2.60 bits per heavy atom. The molecule has 0 unspecified atom stereocenters. The molecule has 0 bridgehead atoms. The summed E-state index contributed by atoms with van der Waals surface area (Å²) >= 11 is 1.55. The van der Waals surface area contributed by atoms with Crippen LogP contribution in [0.1, 0.15) is 40.1 Å². The lowest BCUT2D eigenvalue weighted by Gasteiger charge is -2.27. The van der Waals surface area contributed by atoms with Crippen molar-refractivity contribution in [2.24, 2.45) is 0 Å². The molecular weight excluding hydrogens is 272 g/mol. The minimum absolute atomic E-state index is 0.151. The summed E-state index contributed by atoms with van der Waals surface area (Å²) in [5.74, 6) is 0.432. The van der Waals surface area contributed by atoms with Gasteiger partial charge in [-0.2, -0.15) is 0 Å². The average molecular weight is 296 g/mol. The first-order valence-electron chi connectivity index (χ1n) is 7.13. The first kappa shape index (κ1) is 15.4. The zero-order valence-corrected chi connectivity index (χ0v) is 13.6. The van der Waals surface area contributed by atoms with Gasteiger partial charge in [-0.05, 0) is 20.0 Å². The van der Waals surface area contributed by atoms with E-state index in [-0.39, 0.29) is 11.8 Å². The van der Waals surface area contributed by atoms with Gasteiger partial charge in [0.1, 0.15) is 9.88 Å². The van der Waals surface area contributed by atoms with Crippen LogP contribution < -0.4 is 5.32 Å². The van der Waals surface area contributed by atoms with Crippen LogP contribution >= 0.6 is 11.3 Å². The normalized spacial score (nSPS) is 16.2. The van der Waals surface area contributed by atoms with Gasteiger partial charge < -0.3 is 15.1 Å². The summed E-state index contributed by atoms with van der Waals surface area (Å²) in [7, 11) is 4.04. The number of carbonyl (C=O) groups is 1. The smallest absolute Gasteiger partial charge is 0.265 e. The van der Waals surface area contributed by atoms with Crippen molar-refractivity contribution in [1.29, 1.82) is 0 Å². The van der Waals surface area contributed by atoms with Gasteiger partial charge in [-0.25, -0.2) is 4.98 Å². The molecule has 6 heteroatoms. The molecule has 0 aliphatic carbocycles. The summed E-state index contributed by atoms with van der Waals surface area (Å²) in [6.07, 6.45) is 0. The van der Waals surface area contributed by atoms with Gasteiger partial charge in [0, 0.05) is 32.7 Å². The Morgan fingerprint density at radius 2 is 2.05 bits per heavy atom. The van der Waals surface area contributed by atoms with E-state index >= 15 is 0 Å². The zero-order valence-electron chi connectivity index (χ0n) is 12.8. The maximum Gasteiger partial charge on any atom is 0.265 e. The van der Waals surface area contributed by atoms with Crippen molar-refractivity contribution >= 4 is 17.2 Å². The number of hydrogen-bond donors (Lipinski definition) is 1. The third kappa shape index (κ3) is 3.56. The van der Waals surface area contributed by atoms with Crippen LogP contribution in [0, 0.1) is 0 Å². The van der Waals surface area contributed by atoms with Crippen LogP contribution in [0.25, 0.3) is 0 Å². The lowest BCUT2D eigenvalue weighted by Crippen LogP contribution is -2.46. The molecule has 0 aromatic carbocycles. The van der Waals surface area contributed by atoms with Crippen molar-refractivity contribution in [2.75, 3.05) is 40.3 Å². The topological polar surface area (TPSA) is 48.5 Å². The number of nitrogens with zero attached hydrogens (tertiary/aromatic N) is 3. The summed E-state index contributed by atoms with van der Waals surface area (Å²) < 4.78 is 0. The van der Waals surface area contributed by atoms with E-state index in [0.717, 1.165) is 48.3 Å². The SMILES string of the molecule is CC(C)c1nc(CN(C)C)sc1C(=O)N1CCNCC1. The second kappa shape index (κ2) is 6.65. The number of hydrogen-bond acceptors (Lipinski definition) is 5. The van der Waals surface area contributed by atoms with Gasteiger partial charge in [0.15, 0.2) is 0 Å². The standard InChI is InChI=1S/C14H24N4OS/c1-10(2)12-13(20-11(16-12)9-17(3)4)14(19)18-7-5-15-6-8-18/h10,15H,5-9H2,1-4H3. The molecule has 1 aromatic heterocycles. The molecule has 20 heavy (non-hydrogen) atoms. The summed E-state index contributed by atoms with van der Waals surface area (Å²) in [6, 6.07) is 0. The number of amides is 1. The first-order chi connectivity index (χ1) is 9.49. The minimum atomic E-state index is 0.151. The highest BCUT2D eigenvalue weighted by atomic mass is 32.1. The number of thiazole rings is 1. The largest absolute Gasteiger partial charge is 0.335 e. The summed E-state index contributed by atoms with van der Waals surface area (Å²) in [4.78, 5) is 22.2. The van der Waals surface area contributed by atoms with Crippen molar-refractivity contribution in [3.05, 3.63) is 15.6 Å². The van der Waals surface area contributed by atoms with Crippen molar-refractivity contribution in [1.82, 2.24) is 20.1 Å². The second-order valence-electron chi connectivity index (χ2n) is 5.76. The molecule has 0 spiro atoms. The van der Waals surface area contributed by atoms with Crippen LogP contribution in [0.5, 0.6) is 0 Å². The number of rotatable bonds is 4. The Bertz CT molecular complexity index is 464. The zero-order chi connectivity index (χ0) is 14.7. The maximum atomic E-state index is 12.7. The number of nitrogens with one attached hydrogen (secondary N) is 1. The molecule has 2 rings (SSSR count). The van der Waals surface area contributed by atoms with Crippen LogP contribution in [-0.4, -0.2) is 61.0 Å². The van der Waals surface area contributed by atoms with Crippen LogP contribution in [0.15, 0.2) is 0 Å². The molecule has 1 aliphatic heterocycles. The van der Waals surface area contributed by atoms with Gasteiger partial charge in [0.05, 0.1) is 5.69 Å². The summed E-state index contributed by atoms with van der Waals surface area (Å²) in [5, 5.41) is 4.30. The second-order valence-corrected chi connectivity index (χ2v) is 6.84. The fourth-order valence-electron chi connectivity index (χ4n) is 2.27. The molecule has 5 nitrogen and oxygen atoms in total. The Morgan fingerprint density at radius 1 is 1.40 bits per heavy atom. The lowest BCUT2D eigenvalue weighted by atomic mass is 10.1. The van der Waals surface area contributed by atoms with E-state index in [1.54, 1.807) is 11.3 Å². The predicted octanol–water partition coefficient (Wildman–Crippen LogP) is 1.37. The van der Waals surface area contributed by atoms with E-state index in [0.29, 0.717) is 0 Å². The summed E-state index contributed by atoms with van der Waals surface area (Å²) in [5.41, 5.74) is 0.954. The van der Waals surface area contributed by atoms with Crippen LogP contribution in [0.4, 0.5) is 0 Å². The van der Waals surface area contributed by atoms with Crippen molar-refractivity contribution in [3.63, 3.8) is 0 Å². The van der Waals surface area contributed by atoms with E-state index < -0.39 is 0 Å². The Balaban J connectivity index is 2.23. The molecule has 0 saturated carbocycles. The van der Waals surface area contributed by atoms with Gasteiger partial charge in [0.2, 0.25) is 0 Å².